The van der Waals surface area contributed by atoms with Crippen LogP contribution in [-0.4, -0.2) is 46.7 Å². The quantitative estimate of drug-likeness (QED) is 0.721. The van der Waals surface area contributed by atoms with Crippen molar-refractivity contribution in [1.29, 1.82) is 0 Å². The molecule has 1 N–H and O–H groups in total. The molecule has 0 spiro atoms. The lowest BCUT2D eigenvalue weighted by Gasteiger charge is -2.34. The molecule has 0 radical (unpaired) electrons. The highest BCUT2D eigenvalue weighted by Gasteiger charge is 2.19. The minimum absolute atomic E-state index is 0.129. The van der Waals surface area contributed by atoms with Gasteiger partial charge in [0.15, 0.2) is 0 Å². The van der Waals surface area contributed by atoms with Crippen LogP contribution in [-0.2, 0) is 0 Å². The summed E-state index contributed by atoms with van der Waals surface area (Å²) in [6, 6.07) is 0.643. The number of aliphatic hydroxyl groups excluding tert-OH is 1. The average molecular weight is 189 g/mol. The van der Waals surface area contributed by atoms with E-state index in [1.807, 2.05) is 18.7 Å². The fourth-order valence-electron chi connectivity index (χ4n) is 1.43. The lowest BCUT2D eigenvalue weighted by Crippen LogP contribution is -2.44. The van der Waals surface area contributed by atoms with Gasteiger partial charge in [0, 0.05) is 30.6 Å². The maximum Gasteiger partial charge on any atom is 0.0664 e. The van der Waals surface area contributed by atoms with E-state index in [4.69, 9.17) is 0 Å². The van der Waals surface area contributed by atoms with Crippen molar-refractivity contribution in [2.24, 2.45) is 0 Å². The summed E-state index contributed by atoms with van der Waals surface area (Å²) in [6.45, 7) is 6.28. The molecule has 0 bridgehead atoms. The Kier molecular flexibility index (Phi) is 4.40. The van der Waals surface area contributed by atoms with Crippen LogP contribution in [0, 0.1) is 0 Å². The van der Waals surface area contributed by atoms with Gasteiger partial charge in [-0.3, -0.25) is 4.90 Å². The Hall–Kier alpha value is 0.270. The molecule has 3 heteroatoms. The van der Waals surface area contributed by atoms with Crippen LogP contribution in [0.4, 0.5) is 0 Å². The zero-order valence-corrected chi connectivity index (χ0v) is 8.81. The van der Waals surface area contributed by atoms with E-state index in [0.717, 1.165) is 19.5 Å². The molecule has 0 aromatic carbocycles. The van der Waals surface area contributed by atoms with E-state index >= 15 is 0 Å². The third-order valence-electron chi connectivity index (χ3n) is 2.42. The Morgan fingerprint density at radius 1 is 1.67 bits per heavy atom. The van der Waals surface area contributed by atoms with Gasteiger partial charge in [0.25, 0.3) is 0 Å². The number of β-amino-alcohol motifs (C(OH)–C–C–N with tert-alkyl or cyclic N) is 1. The van der Waals surface area contributed by atoms with Crippen LogP contribution >= 0.6 is 11.8 Å². The molecule has 0 aliphatic carbocycles. The van der Waals surface area contributed by atoms with Crippen LogP contribution in [0.25, 0.3) is 0 Å². The second-order valence-corrected chi connectivity index (χ2v) is 4.63. The summed E-state index contributed by atoms with van der Waals surface area (Å²) in [7, 11) is 0. The zero-order valence-electron chi connectivity index (χ0n) is 7.99. The van der Waals surface area contributed by atoms with Crippen molar-refractivity contribution in [3.05, 3.63) is 0 Å². The van der Waals surface area contributed by atoms with Crippen LogP contribution < -0.4 is 0 Å². The first-order valence-electron chi connectivity index (χ1n) is 4.74. The summed E-state index contributed by atoms with van der Waals surface area (Å²) in [6.07, 6.45) is 0.742. The second kappa shape index (κ2) is 5.10. The topological polar surface area (TPSA) is 23.5 Å². The van der Waals surface area contributed by atoms with E-state index in [1.165, 1.54) is 11.5 Å². The monoisotopic (exact) mass is 189 g/mol. The number of hydrogen-bond acceptors (Lipinski definition) is 3. The van der Waals surface area contributed by atoms with Crippen LogP contribution in [0.2, 0.25) is 0 Å². The van der Waals surface area contributed by atoms with Gasteiger partial charge in [-0.1, -0.05) is 6.92 Å². The largest absolute Gasteiger partial charge is 0.392 e. The van der Waals surface area contributed by atoms with E-state index in [2.05, 4.69) is 11.8 Å². The van der Waals surface area contributed by atoms with Crippen molar-refractivity contribution in [1.82, 2.24) is 4.90 Å². The molecule has 12 heavy (non-hydrogen) atoms. The molecule has 0 amide bonds. The Balaban J connectivity index is 2.28. The molecular formula is C9H19NOS. The molecule has 1 heterocycles. The summed E-state index contributed by atoms with van der Waals surface area (Å²) in [5.41, 5.74) is 0. The number of hydrogen-bond donors (Lipinski definition) is 1. The van der Waals surface area contributed by atoms with E-state index < -0.39 is 0 Å². The van der Waals surface area contributed by atoms with Crippen LogP contribution in [0.3, 0.4) is 0 Å². The normalized spacial score (nSPS) is 28.8. The first kappa shape index (κ1) is 10.4. The molecule has 2 nitrogen and oxygen atoms in total. The third-order valence-corrected chi connectivity index (χ3v) is 3.61. The smallest absolute Gasteiger partial charge is 0.0664 e. The highest BCUT2D eigenvalue weighted by molar-refractivity contribution is 7.99. The second-order valence-electron chi connectivity index (χ2n) is 3.48. The van der Waals surface area contributed by atoms with Gasteiger partial charge in [-0.2, -0.15) is 11.8 Å². The minimum atomic E-state index is -0.129. The van der Waals surface area contributed by atoms with Crippen molar-refractivity contribution >= 4 is 11.8 Å². The van der Waals surface area contributed by atoms with E-state index in [1.54, 1.807) is 0 Å². The fourth-order valence-corrected chi connectivity index (χ4v) is 2.51. The van der Waals surface area contributed by atoms with Crippen LogP contribution in [0.15, 0.2) is 0 Å². The predicted octanol–water partition coefficient (Wildman–Crippen LogP) is 1.19. The van der Waals surface area contributed by atoms with Gasteiger partial charge >= 0.3 is 0 Å². The Bertz CT molecular complexity index is 132. The number of aliphatic hydroxyl groups is 1. The molecule has 2 atom stereocenters. The van der Waals surface area contributed by atoms with Gasteiger partial charge in [0.1, 0.15) is 0 Å². The lowest BCUT2D eigenvalue weighted by molar-refractivity contribution is 0.0959. The summed E-state index contributed by atoms with van der Waals surface area (Å²) in [5.74, 6) is 2.44. The van der Waals surface area contributed by atoms with Gasteiger partial charge in [-0.05, 0) is 13.3 Å². The van der Waals surface area contributed by atoms with Crippen molar-refractivity contribution in [3.8, 4) is 0 Å². The van der Waals surface area contributed by atoms with E-state index in [0.29, 0.717) is 6.04 Å². The highest BCUT2D eigenvalue weighted by Crippen LogP contribution is 2.16. The molecule has 1 saturated heterocycles. The standard InChI is InChI=1S/C9H19NOS/c1-3-9(11)6-10-4-5-12-7-8(10)2/h8-9,11H,3-7H2,1-2H3/t8?,9-/m0/s1. The SMILES string of the molecule is CC[C@H](O)CN1CCSCC1C. The average Bonchev–Trinajstić information content (AvgIpc) is 2.09. The van der Waals surface area contributed by atoms with Crippen LogP contribution in [0.1, 0.15) is 20.3 Å². The molecule has 0 aromatic rings. The molecule has 1 aliphatic heterocycles. The molecule has 0 saturated carbocycles. The summed E-state index contributed by atoms with van der Waals surface area (Å²) in [4.78, 5) is 2.39. The molecule has 72 valence electrons. The number of rotatable bonds is 3. The molecule has 1 unspecified atom stereocenters. The Morgan fingerprint density at radius 3 is 3.00 bits per heavy atom. The zero-order chi connectivity index (χ0) is 8.97. The highest BCUT2D eigenvalue weighted by atomic mass is 32.2. The predicted molar refractivity (Wildman–Crippen MR) is 54.7 cm³/mol. The summed E-state index contributed by atoms with van der Waals surface area (Å²) < 4.78 is 0. The molecular weight excluding hydrogens is 170 g/mol. The van der Waals surface area contributed by atoms with Crippen molar-refractivity contribution < 1.29 is 5.11 Å². The minimum Gasteiger partial charge on any atom is -0.392 e. The maximum absolute atomic E-state index is 9.48. The first-order chi connectivity index (χ1) is 5.74. The Labute approximate surface area is 79.3 Å². The van der Waals surface area contributed by atoms with E-state index in [-0.39, 0.29) is 6.10 Å². The third kappa shape index (κ3) is 2.96. The van der Waals surface area contributed by atoms with Gasteiger partial charge in [-0.15, -0.1) is 0 Å². The molecule has 1 fully saturated rings. The van der Waals surface area contributed by atoms with Gasteiger partial charge in [0.2, 0.25) is 0 Å². The van der Waals surface area contributed by atoms with Gasteiger partial charge in [-0.25, -0.2) is 0 Å². The van der Waals surface area contributed by atoms with Crippen molar-refractivity contribution in [3.63, 3.8) is 0 Å². The molecule has 1 aliphatic rings. The number of thioether (sulfide) groups is 1. The Morgan fingerprint density at radius 2 is 2.42 bits per heavy atom. The summed E-state index contributed by atoms with van der Waals surface area (Å²) in [5, 5.41) is 9.48. The molecule has 0 aromatic heterocycles. The van der Waals surface area contributed by atoms with Gasteiger partial charge in [0.05, 0.1) is 6.10 Å². The lowest BCUT2D eigenvalue weighted by atomic mass is 10.2. The van der Waals surface area contributed by atoms with Crippen molar-refractivity contribution in [2.75, 3.05) is 24.6 Å². The van der Waals surface area contributed by atoms with Crippen LogP contribution in [0.5, 0.6) is 0 Å². The fraction of sp³-hybridized carbons (Fsp3) is 1.00. The van der Waals surface area contributed by atoms with E-state index in [9.17, 15) is 5.11 Å². The van der Waals surface area contributed by atoms with Crippen molar-refractivity contribution in [2.45, 2.75) is 32.4 Å². The number of nitrogens with zero attached hydrogens (tertiary/aromatic N) is 1. The summed E-state index contributed by atoms with van der Waals surface area (Å²) >= 11 is 2.02. The van der Waals surface area contributed by atoms with Gasteiger partial charge < -0.3 is 5.11 Å². The maximum atomic E-state index is 9.48. The first-order valence-corrected chi connectivity index (χ1v) is 5.89. The molecule has 1 rings (SSSR count).